The first-order valence-corrected chi connectivity index (χ1v) is 7.89. The van der Waals surface area contributed by atoms with Gasteiger partial charge in [0.2, 0.25) is 0 Å². The Morgan fingerprint density at radius 2 is 2.24 bits per heavy atom. The molecule has 0 saturated heterocycles. The molecule has 2 unspecified atom stereocenters. The van der Waals surface area contributed by atoms with Crippen molar-refractivity contribution in [1.29, 1.82) is 0 Å². The van der Waals surface area contributed by atoms with E-state index in [9.17, 15) is 4.79 Å². The molecule has 0 aromatic heterocycles. The van der Waals surface area contributed by atoms with Crippen molar-refractivity contribution in [3.8, 4) is 5.75 Å². The van der Waals surface area contributed by atoms with E-state index >= 15 is 0 Å². The SMILES string of the molecule is CCC(N)Cc1cccc(Cl)c1OC(C)C(=O)NC1CC1. The van der Waals surface area contributed by atoms with Crippen LogP contribution in [0.4, 0.5) is 0 Å². The molecule has 1 aromatic rings. The number of amides is 1. The van der Waals surface area contributed by atoms with Gasteiger partial charge in [0, 0.05) is 12.1 Å². The molecule has 3 N–H and O–H groups in total. The van der Waals surface area contributed by atoms with Crippen LogP contribution in [0.1, 0.15) is 38.7 Å². The molecular formula is C16H23ClN2O2. The number of benzene rings is 1. The van der Waals surface area contributed by atoms with Gasteiger partial charge in [-0.25, -0.2) is 0 Å². The van der Waals surface area contributed by atoms with Crippen LogP contribution >= 0.6 is 11.6 Å². The molecule has 0 aliphatic heterocycles. The number of hydrogen-bond acceptors (Lipinski definition) is 3. The van der Waals surface area contributed by atoms with Crippen molar-refractivity contribution in [3.05, 3.63) is 28.8 Å². The van der Waals surface area contributed by atoms with Crippen molar-refractivity contribution in [2.24, 2.45) is 5.73 Å². The van der Waals surface area contributed by atoms with Gasteiger partial charge in [-0.2, -0.15) is 0 Å². The van der Waals surface area contributed by atoms with Crippen LogP contribution in [0.15, 0.2) is 18.2 Å². The van der Waals surface area contributed by atoms with Gasteiger partial charge in [-0.05, 0) is 44.2 Å². The summed E-state index contributed by atoms with van der Waals surface area (Å²) in [4.78, 5) is 12.0. The van der Waals surface area contributed by atoms with Gasteiger partial charge in [0.1, 0.15) is 5.75 Å². The van der Waals surface area contributed by atoms with E-state index in [-0.39, 0.29) is 11.9 Å². The monoisotopic (exact) mass is 310 g/mol. The van der Waals surface area contributed by atoms with Crippen LogP contribution < -0.4 is 15.8 Å². The normalized spacial score (nSPS) is 17.1. The molecule has 116 valence electrons. The zero-order valence-electron chi connectivity index (χ0n) is 12.6. The highest BCUT2D eigenvalue weighted by atomic mass is 35.5. The molecule has 2 rings (SSSR count). The van der Waals surface area contributed by atoms with Crippen molar-refractivity contribution in [2.75, 3.05) is 0 Å². The highest BCUT2D eigenvalue weighted by Crippen LogP contribution is 2.31. The van der Waals surface area contributed by atoms with Crippen molar-refractivity contribution < 1.29 is 9.53 Å². The van der Waals surface area contributed by atoms with Gasteiger partial charge in [-0.1, -0.05) is 30.7 Å². The summed E-state index contributed by atoms with van der Waals surface area (Å²) in [5.74, 6) is 0.477. The second-order valence-electron chi connectivity index (χ2n) is 5.64. The number of rotatable bonds is 7. The van der Waals surface area contributed by atoms with Gasteiger partial charge >= 0.3 is 0 Å². The summed E-state index contributed by atoms with van der Waals surface area (Å²) < 4.78 is 5.81. The van der Waals surface area contributed by atoms with E-state index < -0.39 is 6.10 Å². The number of halogens is 1. The Bertz CT molecular complexity index is 503. The molecule has 0 bridgehead atoms. The summed E-state index contributed by atoms with van der Waals surface area (Å²) in [6.45, 7) is 3.78. The lowest BCUT2D eigenvalue weighted by atomic mass is 10.0. The van der Waals surface area contributed by atoms with Crippen molar-refractivity contribution in [2.45, 2.75) is 57.7 Å². The highest BCUT2D eigenvalue weighted by Gasteiger charge is 2.27. The van der Waals surface area contributed by atoms with Crippen molar-refractivity contribution in [1.82, 2.24) is 5.32 Å². The van der Waals surface area contributed by atoms with Crippen LogP contribution in [-0.4, -0.2) is 24.1 Å². The van der Waals surface area contributed by atoms with Crippen molar-refractivity contribution in [3.63, 3.8) is 0 Å². The zero-order valence-corrected chi connectivity index (χ0v) is 13.3. The largest absolute Gasteiger partial charge is 0.479 e. The van der Waals surface area contributed by atoms with Crippen LogP contribution in [0.5, 0.6) is 5.75 Å². The second-order valence-corrected chi connectivity index (χ2v) is 6.05. The molecule has 1 aromatic carbocycles. The summed E-state index contributed by atoms with van der Waals surface area (Å²) in [5.41, 5.74) is 6.96. The molecule has 2 atom stereocenters. The third-order valence-corrected chi connectivity index (χ3v) is 3.94. The predicted molar refractivity (Wildman–Crippen MR) is 84.7 cm³/mol. The average molecular weight is 311 g/mol. The van der Waals surface area contributed by atoms with Crippen LogP contribution in [0.3, 0.4) is 0 Å². The molecule has 0 radical (unpaired) electrons. The first-order chi connectivity index (χ1) is 10.0. The fourth-order valence-corrected chi connectivity index (χ4v) is 2.29. The molecule has 0 heterocycles. The number of nitrogens with one attached hydrogen (secondary N) is 1. The molecule has 1 aliphatic carbocycles. The molecule has 1 aliphatic rings. The van der Waals surface area contributed by atoms with E-state index in [1.54, 1.807) is 13.0 Å². The lowest BCUT2D eigenvalue weighted by Gasteiger charge is -2.19. The quantitative estimate of drug-likeness (QED) is 0.814. The Labute approximate surface area is 131 Å². The van der Waals surface area contributed by atoms with Gasteiger partial charge in [0.05, 0.1) is 5.02 Å². The summed E-state index contributed by atoms with van der Waals surface area (Å²) in [6, 6.07) is 5.97. The maximum Gasteiger partial charge on any atom is 0.260 e. The molecule has 1 amide bonds. The third-order valence-electron chi connectivity index (χ3n) is 3.64. The lowest BCUT2D eigenvalue weighted by Crippen LogP contribution is -2.37. The van der Waals surface area contributed by atoms with Crippen LogP contribution in [-0.2, 0) is 11.2 Å². The first kappa shape index (κ1) is 16.1. The molecule has 1 saturated carbocycles. The maximum atomic E-state index is 12.0. The number of ether oxygens (including phenoxy) is 1. The van der Waals surface area contributed by atoms with Gasteiger partial charge in [0.25, 0.3) is 5.91 Å². The standard InChI is InChI=1S/C16H23ClN2O2/c1-3-12(18)9-11-5-4-6-14(17)15(11)21-10(2)16(20)19-13-7-8-13/h4-6,10,12-13H,3,7-9,18H2,1-2H3,(H,19,20). The van der Waals surface area contributed by atoms with E-state index in [1.165, 1.54) is 0 Å². The van der Waals surface area contributed by atoms with Gasteiger partial charge < -0.3 is 15.8 Å². The molecule has 21 heavy (non-hydrogen) atoms. The molecule has 4 nitrogen and oxygen atoms in total. The van der Waals surface area contributed by atoms with Crippen LogP contribution in [0, 0.1) is 0 Å². The Hall–Kier alpha value is -1.26. The Balaban J connectivity index is 2.07. The van der Waals surface area contributed by atoms with Gasteiger partial charge in [-0.15, -0.1) is 0 Å². The second kappa shape index (κ2) is 7.14. The number of carbonyl (C=O) groups excluding carboxylic acids is 1. The molecular weight excluding hydrogens is 288 g/mol. The fourth-order valence-electron chi connectivity index (χ4n) is 2.05. The maximum absolute atomic E-state index is 12.0. The first-order valence-electron chi connectivity index (χ1n) is 7.51. The smallest absolute Gasteiger partial charge is 0.260 e. The van der Waals surface area contributed by atoms with E-state index in [1.807, 2.05) is 19.1 Å². The van der Waals surface area contributed by atoms with Gasteiger partial charge in [0.15, 0.2) is 6.10 Å². The summed E-state index contributed by atoms with van der Waals surface area (Å²) in [7, 11) is 0. The van der Waals surface area contributed by atoms with E-state index in [0.717, 1.165) is 24.8 Å². The average Bonchev–Trinajstić information content (AvgIpc) is 3.26. The van der Waals surface area contributed by atoms with E-state index in [2.05, 4.69) is 5.32 Å². The highest BCUT2D eigenvalue weighted by molar-refractivity contribution is 6.32. The molecule has 1 fully saturated rings. The summed E-state index contributed by atoms with van der Waals surface area (Å²) >= 11 is 6.23. The topological polar surface area (TPSA) is 64.3 Å². The number of para-hydroxylation sites is 1. The van der Waals surface area contributed by atoms with Crippen LogP contribution in [0.25, 0.3) is 0 Å². The minimum Gasteiger partial charge on any atom is -0.479 e. The predicted octanol–water partition coefficient (Wildman–Crippen LogP) is 2.67. The lowest BCUT2D eigenvalue weighted by molar-refractivity contribution is -0.127. The summed E-state index contributed by atoms with van der Waals surface area (Å²) in [6.07, 6.45) is 3.11. The third kappa shape index (κ3) is 4.61. The fraction of sp³-hybridized carbons (Fsp3) is 0.562. The zero-order chi connectivity index (χ0) is 15.4. The van der Waals surface area contributed by atoms with Gasteiger partial charge in [-0.3, -0.25) is 4.79 Å². The Kier molecular flexibility index (Phi) is 5.48. The number of carbonyl (C=O) groups is 1. The molecule has 0 spiro atoms. The van der Waals surface area contributed by atoms with Crippen LogP contribution in [0.2, 0.25) is 5.02 Å². The summed E-state index contributed by atoms with van der Waals surface area (Å²) in [5, 5.41) is 3.45. The minimum atomic E-state index is -0.567. The number of nitrogens with two attached hydrogens (primary N) is 1. The number of hydrogen-bond donors (Lipinski definition) is 2. The van der Waals surface area contributed by atoms with Crippen molar-refractivity contribution >= 4 is 17.5 Å². The Morgan fingerprint density at radius 3 is 2.86 bits per heavy atom. The van der Waals surface area contributed by atoms with E-state index in [4.69, 9.17) is 22.1 Å². The Morgan fingerprint density at radius 1 is 1.52 bits per heavy atom. The van der Waals surface area contributed by atoms with E-state index in [0.29, 0.717) is 23.2 Å². The molecule has 5 heteroatoms. The minimum absolute atomic E-state index is 0.0569.